The van der Waals surface area contributed by atoms with E-state index in [1.807, 2.05) is 0 Å². The van der Waals surface area contributed by atoms with Crippen LogP contribution in [-0.4, -0.2) is 57.1 Å². The fourth-order valence-electron chi connectivity index (χ4n) is 2.31. The molecule has 0 fully saturated rings. The maximum atomic E-state index is 12.5. The summed E-state index contributed by atoms with van der Waals surface area (Å²) >= 11 is 0. The van der Waals surface area contributed by atoms with Crippen LogP contribution in [0.2, 0.25) is 0 Å². The van der Waals surface area contributed by atoms with Crippen LogP contribution in [0.4, 0.5) is 0 Å². The molecule has 0 unspecified atom stereocenters. The van der Waals surface area contributed by atoms with Gasteiger partial charge in [-0.05, 0) is 38.0 Å². The summed E-state index contributed by atoms with van der Waals surface area (Å²) in [6, 6.07) is 4.95. The zero-order chi connectivity index (χ0) is 20.4. The van der Waals surface area contributed by atoms with E-state index in [2.05, 4.69) is 10.1 Å². The quantitative estimate of drug-likeness (QED) is 0.297. The molecule has 1 aromatic rings. The molecule has 0 spiro atoms. The van der Waals surface area contributed by atoms with Crippen LogP contribution in [0.5, 0.6) is 5.75 Å². The van der Waals surface area contributed by atoms with Gasteiger partial charge in [0.15, 0.2) is 0 Å². The summed E-state index contributed by atoms with van der Waals surface area (Å²) in [5.41, 5.74) is 9.03. The van der Waals surface area contributed by atoms with Gasteiger partial charge in [-0.1, -0.05) is 12.1 Å². The second-order valence-electron chi connectivity index (χ2n) is 6.19. The largest absolute Gasteiger partial charge is 0.508 e. The topological polar surface area (TPSA) is 149 Å². The third-order valence-electron chi connectivity index (χ3n) is 3.58. The van der Waals surface area contributed by atoms with Gasteiger partial charge >= 0.3 is 12.2 Å². The lowest BCUT2D eigenvalue weighted by atomic mass is 10.1. The van der Waals surface area contributed by atoms with E-state index in [-0.39, 0.29) is 31.1 Å². The first-order valence-electron chi connectivity index (χ1n) is 8.39. The molecule has 9 heteroatoms. The Morgan fingerprint density at radius 2 is 1.89 bits per heavy atom. The SMILES string of the molecule is CC(C)O[C@@H](Cc1ccc(O)cc1)C(=O)N[C@@H](CCC(=O)C=[N+]=[N-])C(=O)O. The van der Waals surface area contributed by atoms with E-state index in [1.54, 1.807) is 26.0 Å². The number of aliphatic carboxylic acids is 1. The Kier molecular flexibility index (Phi) is 8.84. The first-order chi connectivity index (χ1) is 12.7. The van der Waals surface area contributed by atoms with Gasteiger partial charge < -0.3 is 25.8 Å². The highest BCUT2D eigenvalue weighted by molar-refractivity contribution is 6.25. The molecule has 9 nitrogen and oxygen atoms in total. The molecule has 1 aromatic carbocycles. The molecular weight excluding hydrogens is 354 g/mol. The fraction of sp³-hybridized carbons (Fsp3) is 0.444. The molecule has 3 N–H and O–H groups in total. The summed E-state index contributed by atoms with van der Waals surface area (Å²) in [5.74, 6) is -2.37. The van der Waals surface area contributed by atoms with Crippen molar-refractivity contribution in [2.45, 2.75) is 51.4 Å². The molecule has 0 saturated heterocycles. The Labute approximate surface area is 156 Å². The van der Waals surface area contributed by atoms with E-state index in [0.29, 0.717) is 6.21 Å². The third kappa shape index (κ3) is 8.26. The van der Waals surface area contributed by atoms with Crippen molar-refractivity contribution in [3.05, 3.63) is 35.4 Å². The molecule has 0 aromatic heterocycles. The molecule has 1 rings (SSSR count). The van der Waals surface area contributed by atoms with Gasteiger partial charge in [0.25, 0.3) is 0 Å². The fourth-order valence-corrected chi connectivity index (χ4v) is 2.31. The van der Waals surface area contributed by atoms with E-state index in [4.69, 9.17) is 10.3 Å². The van der Waals surface area contributed by atoms with Crippen LogP contribution in [-0.2, 0) is 25.5 Å². The minimum atomic E-state index is -1.29. The van der Waals surface area contributed by atoms with Gasteiger partial charge in [-0.3, -0.25) is 9.59 Å². The molecule has 2 atom stereocenters. The lowest BCUT2D eigenvalue weighted by Crippen LogP contribution is -2.47. The minimum absolute atomic E-state index is 0.0894. The van der Waals surface area contributed by atoms with Crippen LogP contribution in [0.15, 0.2) is 24.3 Å². The number of carboxylic acid groups (broad SMARTS) is 1. The Morgan fingerprint density at radius 3 is 2.41 bits per heavy atom. The number of Topliss-reactive ketones (excluding diaryl/α,β-unsaturated/α-hetero) is 1. The van der Waals surface area contributed by atoms with Crippen molar-refractivity contribution in [1.82, 2.24) is 5.32 Å². The first kappa shape index (κ1) is 22.0. The van der Waals surface area contributed by atoms with Gasteiger partial charge in [-0.25, -0.2) is 4.79 Å². The first-order valence-corrected chi connectivity index (χ1v) is 8.39. The number of ketones is 1. The van der Waals surface area contributed by atoms with Crippen LogP contribution in [0.3, 0.4) is 0 Å². The summed E-state index contributed by atoms with van der Waals surface area (Å²) in [7, 11) is 0. The van der Waals surface area contributed by atoms with E-state index in [9.17, 15) is 24.6 Å². The predicted octanol–water partition coefficient (Wildman–Crippen LogP) is 0.948. The van der Waals surface area contributed by atoms with E-state index in [1.165, 1.54) is 12.1 Å². The summed E-state index contributed by atoms with van der Waals surface area (Å²) < 4.78 is 5.60. The van der Waals surface area contributed by atoms with Crippen molar-refractivity contribution in [1.29, 1.82) is 0 Å². The normalized spacial score (nSPS) is 12.7. The molecule has 0 heterocycles. The molecule has 0 saturated carbocycles. The van der Waals surface area contributed by atoms with Crippen molar-refractivity contribution in [3.8, 4) is 5.75 Å². The van der Waals surface area contributed by atoms with Gasteiger partial charge in [0.1, 0.15) is 17.9 Å². The van der Waals surface area contributed by atoms with Crippen LogP contribution >= 0.6 is 0 Å². The highest BCUT2D eigenvalue weighted by Crippen LogP contribution is 2.14. The number of hydrogen-bond donors (Lipinski definition) is 3. The number of phenols is 1. The zero-order valence-electron chi connectivity index (χ0n) is 15.2. The van der Waals surface area contributed by atoms with Gasteiger partial charge in [0, 0.05) is 12.8 Å². The highest BCUT2D eigenvalue weighted by atomic mass is 16.5. The zero-order valence-corrected chi connectivity index (χ0v) is 15.2. The average molecular weight is 377 g/mol. The van der Waals surface area contributed by atoms with Crippen molar-refractivity contribution >= 4 is 23.9 Å². The number of hydrogen-bond acceptors (Lipinski definition) is 5. The van der Waals surface area contributed by atoms with Crippen LogP contribution in [0, 0.1) is 0 Å². The number of carbonyl (C=O) groups excluding carboxylic acids is 2. The monoisotopic (exact) mass is 377 g/mol. The Morgan fingerprint density at radius 1 is 1.26 bits per heavy atom. The number of ether oxygens (including phenoxy) is 1. The van der Waals surface area contributed by atoms with Crippen molar-refractivity contribution < 1.29 is 34.1 Å². The van der Waals surface area contributed by atoms with Crippen LogP contribution in [0.1, 0.15) is 32.3 Å². The second kappa shape index (κ2) is 10.8. The van der Waals surface area contributed by atoms with E-state index >= 15 is 0 Å². The summed E-state index contributed by atoms with van der Waals surface area (Å²) in [6.07, 6.45) is -0.702. The molecule has 146 valence electrons. The summed E-state index contributed by atoms with van der Waals surface area (Å²) in [6.45, 7) is 3.50. The van der Waals surface area contributed by atoms with Crippen molar-refractivity contribution in [2.75, 3.05) is 0 Å². The average Bonchev–Trinajstić information content (AvgIpc) is 2.59. The molecule has 27 heavy (non-hydrogen) atoms. The van der Waals surface area contributed by atoms with Crippen molar-refractivity contribution in [3.63, 3.8) is 0 Å². The van der Waals surface area contributed by atoms with Crippen molar-refractivity contribution in [2.24, 2.45) is 0 Å². The van der Waals surface area contributed by atoms with Crippen LogP contribution in [0.25, 0.3) is 5.53 Å². The molecule has 0 bridgehead atoms. The maximum Gasteiger partial charge on any atom is 0.326 e. The lowest BCUT2D eigenvalue weighted by molar-refractivity contribution is -0.145. The minimum Gasteiger partial charge on any atom is -0.508 e. The van der Waals surface area contributed by atoms with Gasteiger partial charge in [0.05, 0.1) is 6.10 Å². The molecule has 1 amide bonds. The van der Waals surface area contributed by atoms with E-state index < -0.39 is 29.8 Å². The molecule has 0 aliphatic rings. The third-order valence-corrected chi connectivity index (χ3v) is 3.58. The number of nitrogens with zero attached hydrogens (tertiary/aromatic N) is 2. The van der Waals surface area contributed by atoms with Crippen LogP contribution < -0.4 is 5.32 Å². The number of phenolic OH excluding ortho intramolecular Hbond substituents is 1. The number of aromatic hydroxyl groups is 1. The Hall–Kier alpha value is -3.03. The Balaban J connectivity index is 2.82. The maximum absolute atomic E-state index is 12.5. The van der Waals surface area contributed by atoms with Gasteiger partial charge in [0.2, 0.25) is 11.7 Å². The summed E-state index contributed by atoms with van der Waals surface area (Å²) in [4.78, 5) is 37.8. The molecular formula is C18H23N3O6. The predicted molar refractivity (Wildman–Crippen MR) is 95.3 cm³/mol. The molecule has 0 aliphatic heterocycles. The summed E-state index contributed by atoms with van der Waals surface area (Å²) in [5, 5.41) is 21.0. The standard InChI is InChI=1S/C18H23N3O6/c1-11(2)27-16(9-12-3-5-13(22)6-4-12)17(24)21-15(18(25)26)8-7-14(23)10-20-19/h3-6,10-11,15-16,22H,7-9H2,1-2H3,(H,21,24)(H,25,26)/t15-,16-/m0/s1. The highest BCUT2D eigenvalue weighted by Gasteiger charge is 2.27. The van der Waals surface area contributed by atoms with E-state index in [0.717, 1.165) is 5.56 Å². The number of rotatable bonds is 11. The Bertz CT molecular complexity index is 710. The molecule has 0 radical (unpaired) electrons. The number of benzene rings is 1. The van der Waals surface area contributed by atoms with Gasteiger partial charge in [-0.15, -0.1) is 0 Å². The number of amides is 1. The number of carboxylic acids is 1. The second-order valence-corrected chi connectivity index (χ2v) is 6.19. The lowest BCUT2D eigenvalue weighted by Gasteiger charge is -2.22. The smallest absolute Gasteiger partial charge is 0.326 e. The number of nitrogens with one attached hydrogen (secondary N) is 1. The van der Waals surface area contributed by atoms with Gasteiger partial charge in [-0.2, -0.15) is 4.79 Å². The number of carbonyl (C=O) groups is 3. The molecule has 0 aliphatic carbocycles.